The molecule has 0 aliphatic rings. The largest absolute Gasteiger partial charge is 0.497 e. The fraction of sp³-hybridized carbons (Fsp3) is 0.214. The van der Waals surface area contributed by atoms with Gasteiger partial charge < -0.3 is 9.47 Å². The van der Waals surface area contributed by atoms with Gasteiger partial charge in [-0.3, -0.25) is 0 Å². The number of rotatable bonds is 3. The van der Waals surface area contributed by atoms with Crippen LogP contribution in [0.3, 0.4) is 0 Å². The van der Waals surface area contributed by atoms with Crippen molar-refractivity contribution in [1.29, 1.82) is 5.26 Å². The average molecular weight is 255 g/mol. The molecule has 0 aliphatic heterocycles. The molecule has 0 saturated carbocycles. The fourth-order valence-electron chi connectivity index (χ4n) is 1.77. The van der Waals surface area contributed by atoms with E-state index < -0.39 is 0 Å². The number of hydrogen-bond acceptors (Lipinski definition) is 5. The molecule has 2 rings (SSSR count). The van der Waals surface area contributed by atoms with Crippen LogP contribution in [0.15, 0.2) is 24.3 Å². The predicted octanol–water partition coefficient (Wildman–Crippen LogP) is 2.34. The van der Waals surface area contributed by atoms with Gasteiger partial charge in [0.15, 0.2) is 0 Å². The lowest BCUT2D eigenvalue weighted by Crippen LogP contribution is -1.97. The Bertz CT molecular complexity index is 648. The van der Waals surface area contributed by atoms with Crippen LogP contribution in [-0.4, -0.2) is 24.2 Å². The molecule has 2 aromatic rings. The van der Waals surface area contributed by atoms with Crippen LogP contribution in [0.2, 0.25) is 0 Å². The number of aromatic nitrogens is 2. The minimum Gasteiger partial charge on any atom is -0.497 e. The summed E-state index contributed by atoms with van der Waals surface area (Å²) in [6.45, 7) is 1.82. The van der Waals surface area contributed by atoms with Gasteiger partial charge >= 0.3 is 0 Å². The second kappa shape index (κ2) is 5.36. The Labute approximate surface area is 111 Å². The number of methoxy groups -OCH3 is 2. The van der Waals surface area contributed by atoms with E-state index in [9.17, 15) is 0 Å². The first-order valence-corrected chi connectivity index (χ1v) is 5.66. The smallest absolute Gasteiger partial charge is 0.232 e. The molecule has 1 aromatic carbocycles. The minimum absolute atomic E-state index is 0.146. The fourth-order valence-corrected chi connectivity index (χ4v) is 1.77. The summed E-state index contributed by atoms with van der Waals surface area (Å²) in [5.41, 5.74) is 2.19. The Morgan fingerprint density at radius 3 is 2.53 bits per heavy atom. The van der Waals surface area contributed by atoms with E-state index >= 15 is 0 Å². The Hall–Kier alpha value is -2.61. The quantitative estimate of drug-likeness (QED) is 0.842. The molecule has 5 nitrogen and oxygen atoms in total. The molecule has 0 bridgehead atoms. The van der Waals surface area contributed by atoms with E-state index in [4.69, 9.17) is 14.7 Å². The molecular formula is C14H13N3O2. The van der Waals surface area contributed by atoms with Gasteiger partial charge in [-0.1, -0.05) is 0 Å². The molecule has 0 spiro atoms. The van der Waals surface area contributed by atoms with Gasteiger partial charge in [-0.25, -0.2) is 9.97 Å². The monoisotopic (exact) mass is 255 g/mol. The number of hydrogen-bond donors (Lipinski definition) is 0. The highest BCUT2D eigenvalue weighted by atomic mass is 16.5. The van der Waals surface area contributed by atoms with Gasteiger partial charge in [0.1, 0.15) is 17.6 Å². The van der Waals surface area contributed by atoms with Crippen LogP contribution >= 0.6 is 0 Å². The van der Waals surface area contributed by atoms with Crippen molar-refractivity contribution in [3.63, 3.8) is 0 Å². The first-order chi connectivity index (χ1) is 9.17. The molecule has 0 unspecified atom stereocenters. The minimum atomic E-state index is 0.146. The molecule has 19 heavy (non-hydrogen) atoms. The van der Waals surface area contributed by atoms with Crippen LogP contribution in [0.25, 0.3) is 11.3 Å². The molecule has 0 saturated heterocycles. The molecular weight excluding hydrogens is 242 g/mol. The summed E-state index contributed by atoms with van der Waals surface area (Å²) >= 11 is 0. The van der Waals surface area contributed by atoms with Gasteiger partial charge in [0.2, 0.25) is 5.82 Å². The average Bonchev–Trinajstić information content (AvgIpc) is 2.45. The highest BCUT2D eigenvalue weighted by molar-refractivity contribution is 5.69. The second-order valence-corrected chi connectivity index (χ2v) is 3.90. The Kier molecular flexibility index (Phi) is 3.62. The number of nitrogens with zero attached hydrogens (tertiary/aromatic N) is 3. The lowest BCUT2D eigenvalue weighted by Gasteiger charge is -2.10. The van der Waals surface area contributed by atoms with Crippen molar-refractivity contribution in [3.8, 4) is 28.8 Å². The van der Waals surface area contributed by atoms with E-state index in [0.717, 1.165) is 11.3 Å². The van der Waals surface area contributed by atoms with E-state index in [1.807, 2.05) is 31.2 Å². The van der Waals surface area contributed by atoms with Crippen molar-refractivity contribution in [2.45, 2.75) is 6.92 Å². The van der Waals surface area contributed by atoms with Crippen LogP contribution in [0, 0.1) is 18.3 Å². The zero-order chi connectivity index (χ0) is 13.8. The van der Waals surface area contributed by atoms with Crippen LogP contribution in [0.5, 0.6) is 11.5 Å². The SMILES string of the molecule is COc1ccc(-c2cc(C)nc(C#N)n2)c(OC)c1. The zero-order valence-corrected chi connectivity index (χ0v) is 11.0. The first kappa shape index (κ1) is 12.8. The lowest BCUT2D eigenvalue weighted by atomic mass is 10.1. The third-order valence-corrected chi connectivity index (χ3v) is 2.64. The van der Waals surface area contributed by atoms with E-state index in [1.165, 1.54) is 0 Å². The van der Waals surface area contributed by atoms with Gasteiger partial charge in [0.05, 0.1) is 19.9 Å². The van der Waals surface area contributed by atoms with Crippen molar-refractivity contribution >= 4 is 0 Å². The normalized spacial score (nSPS) is 9.79. The van der Waals surface area contributed by atoms with Crippen LogP contribution in [-0.2, 0) is 0 Å². The van der Waals surface area contributed by atoms with Gasteiger partial charge in [0, 0.05) is 17.3 Å². The molecule has 0 amide bonds. The number of nitriles is 1. The molecule has 0 atom stereocenters. The first-order valence-electron chi connectivity index (χ1n) is 5.66. The number of benzene rings is 1. The molecule has 0 radical (unpaired) electrons. The predicted molar refractivity (Wildman–Crippen MR) is 70.0 cm³/mol. The number of aryl methyl sites for hydroxylation is 1. The molecule has 1 heterocycles. The van der Waals surface area contributed by atoms with Crippen molar-refractivity contribution in [1.82, 2.24) is 9.97 Å². The Morgan fingerprint density at radius 1 is 1.11 bits per heavy atom. The zero-order valence-electron chi connectivity index (χ0n) is 11.0. The molecule has 0 N–H and O–H groups in total. The highest BCUT2D eigenvalue weighted by Gasteiger charge is 2.11. The third-order valence-electron chi connectivity index (χ3n) is 2.64. The summed E-state index contributed by atoms with van der Waals surface area (Å²) in [7, 11) is 3.18. The summed E-state index contributed by atoms with van der Waals surface area (Å²) in [5.74, 6) is 1.49. The van der Waals surface area contributed by atoms with Crippen LogP contribution in [0.4, 0.5) is 0 Å². The summed E-state index contributed by atoms with van der Waals surface area (Å²) in [5, 5.41) is 8.92. The summed E-state index contributed by atoms with van der Waals surface area (Å²) in [4.78, 5) is 8.22. The van der Waals surface area contributed by atoms with Gasteiger partial charge in [-0.2, -0.15) is 5.26 Å². The summed E-state index contributed by atoms with van der Waals surface area (Å²) in [6, 6.07) is 9.21. The van der Waals surface area contributed by atoms with E-state index in [-0.39, 0.29) is 5.82 Å². The van der Waals surface area contributed by atoms with Crippen molar-refractivity contribution in [2.75, 3.05) is 14.2 Å². The van der Waals surface area contributed by atoms with Crippen molar-refractivity contribution in [2.24, 2.45) is 0 Å². The second-order valence-electron chi connectivity index (χ2n) is 3.90. The Morgan fingerprint density at radius 2 is 1.89 bits per heavy atom. The summed E-state index contributed by atoms with van der Waals surface area (Å²) in [6.07, 6.45) is 0. The third kappa shape index (κ3) is 2.63. The molecule has 1 aromatic heterocycles. The van der Waals surface area contributed by atoms with E-state index in [1.54, 1.807) is 20.3 Å². The van der Waals surface area contributed by atoms with E-state index in [2.05, 4.69) is 9.97 Å². The summed E-state index contributed by atoms with van der Waals surface area (Å²) < 4.78 is 10.5. The van der Waals surface area contributed by atoms with Gasteiger partial charge in [-0.15, -0.1) is 0 Å². The lowest BCUT2D eigenvalue weighted by molar-refractivity contribution is 0.395. The number of ether oxygens (including phenoxy) is 2. The van der Waals surface area contributed by atoms with Gasteiger partial charge in [-0.05, 0) is 25.1 Å². The maximum Gasteiger partial charge on any atom is 0.232 e. The van der Waals surface area contributed by atoms with E-state index in [0.29, 0.717) is 17.2 Å². The van der Waals surface area contributed by atoms with Crippen LogP contribution < -0.4 is 9.47 Å². The maximum absolute atomic E-state index is 8.92. The molecule has 0 aliphatic carbocycles. The van der Waals surface area contributed by atoms with Crippen LogP contribution in [0.1, 0.15) is 11.5 Å². The van der Waals surface area contributed by atoms with Crippen molar-refractivity contribution < 1.29 is 9.47 Å². The Balaban J connectivity index is 2.58. The molecule has 5 heteroatoms. The topological polar surface area (TPSA) is 68.0 Å². The molecule has 96 valence electrons. The van der Waals surface area contributed by atoms with Gasteiger partial charge in [0.25, 0.3) is 0 Å². The maximum atomic E-state index is 8.92. The highest BCUT2D eigenvalue weighted by Crippen LogP contribution is 2.32. The standard InChI is InChI=1S/C14H13N3O2/c1-9-6-12(17-14(8-15)16-9)11-5-4-10(18-2)7-13(11)19-3/h4-7H,1-3H3. The van der Waals surface area contributed by atoms with Crippen molar-refractivity contribution in [3.05, 3.63) is 35.8 Å². The molecule has 0 fully saturated rings.